The second-order valence-electron chi connectivity index (χ2n) is 6.02. The van der Waals surface area contributed by atoms with Crippen LogP contribution in [0.25, 0.3) is 0 Å². The van der Waals surface area contributed by atoms with Crippen molar-refractivity contribution in [3.05, 3.63) is 26.4 Å². The van der Waals surface area contributed by atoms with Crippen molar-refractivity contribution < 1.29 is 9.53 Å². The number of H-pyrrole nitrogens is 1. The second-order valence-corrected chi connectivity index (χ2v) is 6.02. The van der Waals surface area contributed by atoms with Crippen LogP contribution in [0.1, 0.15) is 37.6 Å². The summed E-state index contributed by atoms with van der Waals surface area (Å²) in [5.74, 6) is -0.436. The van der Waals surface area contributed by atoms with Crippen LogP contribution in [-0.2, 0) is 11.3 Å². The zero-order chi connectivity index (χ0) is 17.1. The highest BCUT2D eigenvalue weighted by Gasteiger charge is 2.27. The molecule has 3 N–H and O–H groups in total. The van der Waals surface area contributed by atoms with Crippen molar-refractivity contribution in [3.8, 4) is 0 Å². The molecule has 0 aliphatic carbocycles. The lowest BCUT2D eigenvalue weighted by Crippen LogP contribution is -2.50. The van der Waals surface area contributed by atoms with Gasteiger partial charge in [0.25, 0.3) is 5.56 Å². The van der Waals surface area contributed by atoms with Crippen molar-refractivity contribution in [3.63, 3.8) is 0 Å². The average Bonchev–Trinajstić information content (AvgIpc) is 2.47. The van der Waals surface area contributed by atoms with Crippen molar-refractivity contribution in [2.75, 3.05) is 25.4 Å². The van der Waals surface area contributed by atoms with E-state index in [-0.39, 0.29) is 35.9 Å². The van der Waals surface area contributed by atoms with Crippen LogP contribution in [0.15, 0.2) is 9.59 Å². The molecule has 23 heavy (non-hydrogen) atoms. The molecule has 1 saturated heterocycles. The van der Waals surface area contributed by atoms with Gasteiger partial charge in [0.05, 0.1) is 19.3 Å². The van der Waals surface area contributed by atoms with Gasteiger partial charge in [0, 0.05) is 19.1 Å². The Labute approximate surface area is 134 Å². The lowest BCUT2D eigenvalue weighted by molar-refractivity contribution is -0.0460. The maximum atomic E-state index is 12.6. The van der Waals surface area contributed by atoms with Crippen molar-refractivity contribution >= 4 is 11.6 Å². The molecule has 0 bridgehead atoms. The van der Waals surface area contributed by atoms with E-state index in [0.29, 0.717) is 26.1 Å². The van der Waals surface area contributed by atoms with E-state index in [2.05, 4.69) is 4.98 Å². The Morgan fingerprint density at radius 3 is 2.74 bits per heavy atom. The molecule has 8 heteroatoms. The summed E-state index contributed by atoms with van der Waals surface area (Å²) in [4.78, 5) is 40.6. The molecule has 1 fully saturated rings. The van der Waals surface area contributed by atoms with Gasteiger partial charge >= 0.3 is 5.69 Å². The van der Waals surface area contributed by atoms with E-state index in [0.717, 1.165) is 0 Å². The molecule has 2 heterocycles. The first-order valence-electron chi connectivity index (χ1n) is 7.86. The van der Waals surface area contributed by atoms with Crippen LogP contribution in [0.4, 0.5) is 5.82 Å². The van der Waals surface area contributed by atoms with Crippen LogP contribution >= 0.6 is 0 Å². The highest BCUT2D eigenvalue weighted by Crippen LogP contribution is 2.13. The zero-order valence-corrected chi connectivity index (χ0v) is 13.8. The van der Waals surface area contributed by atoms with Crippen LogP contribution in [0.2, 0.25) is 0 Å². The molecule has 2 atom stereocenters. The third kappa shape index (κ3) is 3.70. The van der Waals surface area contributed by atoms with Crippen LogP contribution in [0, 0.1) is 0 Å². The van der Waals surface area contributed by atoms with Gasteiger partial charge in [-0.1, -0.05) is 6.92 Å². The van der Waals surface area contributed by atoms with E-state index in [4.69, 9.17) is 10.5 Å². The Balaban J connectivity index is 2.30. The fourth-order valence-electron chi connectivity index (χ4n) is 2.76. The number of ether oxygens (including phenoxy) is 1. The summed E-state index contributed by atoms with van der Waals surface area (Å²) in [6.07, 6.45) is 0.700. The molecule has 0 amide bonds. The monoisotopic (exact) mass is 324 g/mol. The molecule has 0 aromatic carbocycles. The fourth-order valence-corrected chi connectivity index (χ4v) is 2.76. The molecule has 0 radical (unpaired) electrons. The molecule has 0 saturated carbocycles. The maximum Gasteiger partial charge on any atom is 0.329 e. The molecule has 1 aromatic heterocycles. The number of aromatic nitrogens is 2. The van der Waals surface area contributed by atoms with Crippen molar-refractivity contribution in [1.82, 2.24) is 14.5 Å². The smallest absolute Gasteiger partial charge is 0.329 e. The molecular formula is C15H24N4O4. The largest absolute Gasteiger partial charge is 0.384 e. The van der Waals surface area contributed by atoms with Gasteiger partial charge in [-0.2, -0.15) is 0 Å². The van der Waals surface area contributed by atoms with Gasteiger partial charge < -0.3 is 10.5 Å². The number of nitrogens with one attached hydrogen (secondary N) is 1. The maximum absolute atomic E-state index is 12.6. The van der Waals surface area contributed by atoms with E-state index >= 15 is 0 Å². The first kappa shape index (κ1) is 17.4. The lowest BCUT2D eigenvalue weighted by atomic mass is 10.1. The molecule has 8 nitrogen and oxygen atoms in total. The minimum atomic E-state index is -0.723. The number of nitrogen functional groups attached to an aromatic ring is 1. The Morgan fingerprint density at radius 2 is 2.09 bits per heavy atom. The molecule has 1 aliphatic heterocycles. The van der Waals surface area contributed by atoms with E-state index in [1.54, 1.807) is 0 Å². The van der Waals surface area contributed by atoms with Crippen LogP contribution < -0.4 is 17.0 Å². The minimum Gasteiger partial charge on any atom is -0.384 e. The molecular weight excluding hydrogens is 300 g/mol. The summed E-state index contributed by atoms with van der Waals surface area (Å²) in [6, 6.07) is 0.0806. The molecule has 2 rings (SSSR count). The van der Waals surface area contributed by atoms with Crippen molar-refractivity contribution in [2.45, 2.75) is 45.9 Å². The minimum absolute atomic E-state index is 0.0312. The number of nitrogens with zero attached hydrogens (tertiary/aromatic N) is 2. The van der Waals surface area contributed by atoms with Crippen LogP contribution in [-0.4, -0.2) is 52.1 Å². The van der Waals surface area contributed by atoms with Gasteiger partial charge in [-0.05, 0) is 20.3 Å². The highest BCUT2D eigenvalue weighted by molar-refractivity contribution is 6.01. The molecule has 128 valence electrons. The third-order valence-corrected chi connectivity index (χ3v) is 4.05. The number of rotatable bonds is 5. The van der Waals surface area contributed by atoms with Crippen LogP contribution in [0.3, 0.4) is 0 Å². The van der Waals surface area contributed by atoms with Gasteiger partial charge in [-0.25, -0.2) is 4.79 Å². The van der Waals surface area contributed by atoms with E-state index in [1.807, 2.05) is 25.7 Å². The topological polar surface area (TPSA) is 110 Å². The normalized spacial score (nSPS) is 22.2. The average molecular weight is 324 g/mol. The second kappa shape index (κ2) is 7.10. The number of anilines is 1. The Bertz CT molecular complexity index is 694. The SMILES string of the molecule is CCCn1c(N)c(C(=O)CN2C[C@H](C)OC[C@@H]2C)c(=O)[nH]c1=O. The first-order chi connectivity index (χ1) is 10.8. The number of carbonyl (C=O) groups excluding carboxylic acids is 1. The van der Waals surface area contributed by atoms with Crippen LogP contribution in [0.5, 0.6) is 0 Å². The molecule has 0 spiro atoms. The quantitative estimate of drug-likeness (QED) is 0.727. The summed E-state index contributed by atoms with van der Waals surface area (Å²) in [5, 5.41) is 0. The van der Waals surface area contributed by atoms with Gasteiger partial charge in [0.2, 0.25) is 0 Å². The standard InChI is InChI=1S/C15H24N4O4/c1-4-5-19-13(16)12(14(21)17-15(19)22)11(20)7-18-6-10(3)23-8-9(18)2/h9-10H,4-8,16H2,1-3H3,(H,17,21,22)/t9-,10-/m0/s1. The lowest BCUT2D eigenvalue weighted by Gasteiger charge is -2.36. The van der Waals surface area contributed by atoms with E-state index in [9.17, 15) is 14.4 Å². The Morgan fingerprint density at radius 1 is 1.39 bits per heavy atom. The van der Waals surface area contributed by atoms with Crippen molar-refractivity contribution in [2.24, 2.45) is 0 Å². The predicted octanol–water partition coefficient (Wildman–Crippen LogP) is -0.179. The molecule has 1 aromatic rings. The van der Waals surface area contributed by atoms with Gasteiger partial charge in [-0.15, -0.1) is 0 Å². The summed E-state index contributed by atoms with van der Waals surface area (Å²) in [5.41, 5.74) is 4.48. The number of nitrogens with two attached hydrogens (primary N) is 1. The van der Waals surface area contributed by atoms with Crippen molar-refractivity contribution in [1.29, 1.82) is 0 Å². The predicted molar refractivity (Wildman–Crippen MR) is 86.8 cm³/mol. The first-order valence-corrected chi connectivity index (χ1v) is 7.86. The number of Topliss-reactive ketones (excluding diaryl/α,β-unsaturated/α-hetero) is 1. The van der Waals surface area contributed by atoms with E-state index < -0.39 is 11.2 Å². The molecule has 0 unspecified atom stereocenters. The molecule has 1 aliphatic rings. The fraction of sp³-hybridized carbons (Fsp3) is 0.667. The summed E-state index contributed by atoms with van der Waals surface area (Å²) < 4.78 is 6.77. The number of carbonyl (C=O) groups is 1. The Kier molecular flexibility index (Phi) is 5.38. The number of aromatic amines is 1. The number of hydrogen-bond acceptors (Lipinski definition) is 6. The van der Waals surface area contributed by atoms with Gasteiger partial charge in [0.15, 0.2) is 5.78 Å². The Hall–Kier alpha value is -1.93. The summed E-state index contributed by atoms with van der Waals surface area (Å²) in [7, 11) is 0. The zero-order valence-electron chi connectivity index (χ0n) is 13.8. The summed E-state index contributed by atoms with van der Waals surface area (Å²) >= 11 is 0. The number of hydrogen-bond donors (Lipinski definition) is 2. The number of ketones is 1. The summed E-state index contributed by atoms with van der Waals surface area (Å²) in [6.45, 7) is 7.36. The van der Waals surface area contributed by atoms with Gasteiger partial charge in [0.1, 0.15) is 11.4 Å². The highest BCUT2D eigenvalue weighted by atomic mass is 16.5. The number of morpholine rings is 1. The van der Waals surface area contributed by atoms with E-state index in [1.165, 1.54) is 4.57 Å². The van der Waals surface area contributed by atoms with Gasteiger partial charge in [-0.3, -0.25) is 24.0 Å². The third-order valence-electron chi connectivity index (χ3n) is 4.05.